The lowest BCUT2D eigenvalue weighted by Crippen LogP contribution is -2.12. The van der Waals surface area contributed by atoms with Crippen molar-refractivity contribution in [3.05, 3.63) is 137 Å². The molecule has 0 saturated heterocycles. The third-order valence-corrected chi connectivity index (χ3v) is 5.72. The van der Waals surface area contributed by atoms with E-state index in [2.05, 4.69) is 46.3 Å². The number of aromatic nitrogens is 1. The first-order valence-electron chi connectivity index (χ1n) is 11.1. The molecular formula is C29H21N3O3. The van der Waals surface area contributed by atoms with Crippen LogP contribution in [0, 0.1) is 10.1 Å². The van der Waals surface area contributed by atoms with Gasteiger partial charge in [-0.05, 0) is 53.6 Å². The molecule has 0 spiro atoms. The van der Waals surface area contributed by atoms with Crippen molar-refractivity contribution in [1.82, 2.24) is 4.57 Å². The molecule has 0 unspecified atom stereocenters. The number of hydrogen-bond donors (Lipinski definition) is 1. The van der Waals surface area contributed by atoms with Gasteiger partial charge in [0.15, 0.2) is 0 Å². The number of hydrogen-bond acceptors (Lipinski definition) is 3. The topological polar surface area (TPSA) is 77.2 Å². The molecule has 35 heavy (non-hydrogen) atoms. The summed E-state index contributed by atoms with van der Waals surface area (Å²) in [4.78, 5) is 23.3. The van der Waals surface area contributed by atoms with Gasteiger partial charge in [0.1, 0.15) is 0 Å². The van der Waals surface area contributed by atoms with Crippen molar-refractivity contribution in [3.63, 3.8) is 0 Å². The van der Waals surface area contributed by atoms with Gasteiger partial charge in [0, 0.05) is 29.1 Å². The number of anilines is 1. The Balaban J connectivity index is 1.49. The summed E-state index contributed by atoms with van der Waals surface area (Å²) in [6.45, 7) is 0. The molecule has 0 bridgehead atoms. The number of carbonyl (C=O) groups is 1. The number of rotatable bonds is 6. The number of nitrogens with one attached hydrogen (secondary N) is 1. The molecule has 0 aliphatic carbocycles. The number of amides is 1. The average Bonchev–Trinajstić information content (AvgIpc) is 3.35. The van der Waals surface area contributed by atoms with Crippen LogP contribution in [-0.2, 0) is 0 Å². The van der Waals surface area contributed by atoms with Crippen LogP contribution in [-0.4, -0.2) is 15.4 Å². The van der Waals surface area contributed by atoms with E-state index in [1.807, 2.05) is 48.5 Å². The first-order valence-corrected chi connectivity index (χ1v) is 11.1. The van der Waals surface area contributed by atoms with Crippen LogP contribution in [0.25, 0.3) is 28.2 Å². The lowest BCUT2D eigenvalue weighted by Gasteiger charge is -2.15. The van der Waals surface area contributed by atoms with E-state index >= 15 is 0 Å². The van der Waals surface area contributed by atoms with E-state index in [1.165, 1.54) is 12.1 Å². The molecule has 0 atom stereocenters. The van der Waals surface area contributed by atoms with Crippen LogP contribution in [0.5, 0.6) is 0 Å². The van der Waals surface area contributed by atoms with Gasteiger partial charge in [0.05, 0.1) is 16.3 Å². The molecule has 1 heterocycles. The first kappa shape index (κ1) is 21.9. The minimum Gasteiger partial charge on any atom is -0.322 e. The van der Waals surface area contributed by atoms with Crippen LogP contribution in [0.4, 0.5) is 11.4 Å². The molecule has 0 aliphatic heterocycles. The summed E-state index contributed by atoms with van der Waals surface area (Å²) in [5.41, 5.74) is 5.92. The first-order chi connectivity index (χ1) is 17.1. The van der Waals surface area contributed by atoms with Crippen LogP contribution >= 0.6 is 0 Å². The van der Waals surface area contributed by atoms with Gasteiger partial charge in [-0.15, -0.1) is 0 Å². The number of benzene rings is 4. The SMILES string of the molecule is O=C(Nc1cccc([N+](=O)[O-])c1)c1ccc(-n2c(-c3ccccc3)ccc2-c2ccccc2)cc1. The lowest BCUT2D eigenvalue weighted by atomic mass is 10.1. The minimum atomic E-state index is -0.490. The quantitative estimate of drug-likeness (QED) is 0.220. The Kier molecular flexibility index (Phi) is 5.92. The normalized spacial score (nSPS) is 10.6. The van der Waals surface area contributed by atoms with E-state index in [0.717, 1.165) is 28.2 Å². The van der Waals surface area contributed by atoms with Crippen LogP contribution in [0.2, 0.25) is 0 Å². The fourth-order valence-electron chi connectivity index (χ4n) is 4.05. The number of nitrogens with zero attached hydrogens (tertiary/aromatic N) is 2. The molecule has 6 heteroatoms. The molecule has 0 fully saturated rings. The Morgan fingerprint density at radius 3 is 1.80 bits per heavy atom. The van der Waals surface area contributed by atoms with Gasteiger partial charge in [-0.3, -0.25) is 14.9 Å². The predicted molar refractivity (Wildman–Crippen MR) is 138 cm³/mol. The number of non-ortho nitro benzene ring substituents is 1. The summed E-state index contributed by atoms with van der Waals surface area (Å²) in [6.07, 6.45) is 0. The zero-order valence-electron chi connectivity index (χ0n) is 18.7. The molecule has 0 aliphatic rings. The smallest absolute Gasteiger partial charge is 0.271 e. The van der Waals surface area contributed by atoms with Crippen molar-refractivity contribution < 1.29 is 9.72 Å². The van der Waals surface area contributed by atoms with Crippen molar-refractivity contribution in [2.24, 2.45) is 0 Å². The highest BCUT2D eigenvalue weighted by atomic mass is 16.6. The zero-order valence-corrected chi connectivity index (χ0v) is 18.7. The second-order valence-corrected chi connectivity index (χ2v) is 7.98. The summed E-state index contributed by atoms with van der Waals surface area (Å²) in [5, 5.41) is 13.7. The maximum absolute atomic E-state index is 12.8. The van der Waals surface area contributed by atoms with Gasteiger partial charge in [0.2, 0.25) is 0 Å². The third kappa shape index (κ3) is 4.58. The van der Waals surface area contributed by atoms with Crippen molar-refractivity contribution in [1.29, 1.82) is 0 Å². The van der Waals surface area contributed by atoms with E-state index in [9.17, 15) is 14.9 Å². The Hall–Kier alpha value is -4.97. The summed E-state index contributed by atoms with van der Waals surface area (Å²) >= 11 is 0. The van der Waals surface area contributed by atoms with E-state index in [-0.39, 0.29) is 11.6 Å². The number of nitro benzene ring substituents is 1. The van der Waals surface area contributed by atoms with E-state index < -0.39 is 4.92 Å². The third-order valence-electron chi connectivity index (χ3n) is 5.72. The highest BCUT2D eigenvalue weighted by Gasteiger charge is 2.15. The summed E-state index contributed by atoms with van der Waals surface area (Å²) in [7, 11) is 0. The average molecular weight is 460 g/mol. The largest absolute Gasteiger partial charge is 0.322 e. The van der Waals surface area contributed by atoms with Crippen molar-refractivity contribution in [2.45, 2.75) is 0 Å². The molecule has 1 N–H and O–H groups in total. The number of nitro groups is 1. The minimum absolute atomic E-state index is 0.0763. The molecule has 5 aromatic rings. The van der Waals surface area contributed by atoms with Crippen LogP contribution in [0.3, 0.4) is 0 Å². The number of carbonyl (C=O) groups excluding carboxylic acids is 1. The molecular weight excluding hydrogens is 438 g/mol. The highest BCUT2D eigenvalue weighted by Crippen LogP contribution is 2.32. The van der Waals surface area contributed by atoms with Gasteiger partial charge < -0.3 is 9.88 Å². The van der Waals surface area contributed by atoms with Gasteiger partial charge in [-0.25, -0.2) is 0 Å². The Labute approximate surface area is 202 Å². The lowest BCUT2D eigenvalue weighted by molar-refractivity contribution is -0.384. The van der Waals surface area contributed by atoms with E-state index in [0.29, 0.717) is 11.3 Å². The van der Waals surface area contributed by atoms with Crippen LogP contribution < -0.4 is 5.32 Å². The van der Waals surface area contributed by atoms with Gasteiger partial charge >= 0.3 is 0 Å². The molecule has 6 nitrogen and oxygen atoms in total. The summed E-state index contributed by atoms with van der Waals surface area (Å²) in [5.74, 6) is -0.337. The summed E-state index contributed by atoms with van der Waals surface area (Å²) in [6, 6.07) is 37.7. The Morgan fingerprint density at radius 1 is 0.686 bits per heavy atom. The molecule has 4 aromatic carbocycles. The molecule has 5 rings (SSSR count). The Bertz CT molecular complexity index is 1430. The maximum Gasteiger partial charge on any atom is 0.271 e. The standard InChI is InChI=1S/C29H21N3O3/c33-29(30-24-12-7-13-26(20-24)32(34)35)23-14-16-25(17-15-23)31-27(21-8-3-1-4-9-21)18-19-28(31)22-10-5-2-6-11-22/h1-20H,(H,30,33). The Morgan fingerprint density at radius 2 is 1.26 bits per heavy atom. The highest BCUT2D eigenvalue weighted by molar-refractivity contribution is 6.04. The predicted octanol–water partition coefficient (Wildman–Crippen LogP) is 6.97. The molecule has 170 valence electrons. The van der Waals surface area contributed by atoms with E-state index in [1.54, 1.807) is 24.3 Å². The van der Waals surface area contributed by atoms with Crippen molar-refractivity contribution in [2.75, 3.05) is 5.32 Å². The molecule has 1 amide bonds. The van der Waals surface area contributed by atoms with Crippen LogP contribution in [0.1, 0.15) is 10.4 Å². The van der Waals surface area contributed by atoms with E-state index in [4.69, 9.17) is 0 Å². The second kappa shape index (κ2) is 9.49. The van der Waals surface area contributed by atoms with Crippen molar-refractivity contribution in [3.8, 4) is 28.2 Å². The summed E-state index contributed by atoms with van der Waals surface area (Å²) < 4.78 is 2.17. The fraction of sp³-hybridized carbons (Fsp3) is 0. The van der Waals surface area contributed by atoms with Gasteiger partial charge in [-0.1, -0.05) is 66.7 Å². The second-order valence-electron chi connectivity index (χ2n) is 7.98. The monoisotopic (exact) mass is 459 g/mol. The van der Waals surface area contributed by atoms with Gasteiger partial charge in [-0.2, -0.15) is 0 Å². The fourth-order valence-corrected chi connectivity index (χ4v) is 4.05. The van der Waals surface area contributed by atoms with Crippen LogP contribution in [0.15, 0.2) is 121 Å². The molecule has 1 aromatic heterocycles. The van der Waals surface area contributed by atoms with Crippen molar-refractivity contribution >= 4 is 17.3 Å². The zero-order chi connectivity index (χ0) is 24.2. The van der Waals surface area contributed by atoms with Gasteiger partial charge in [0.25, 0.3) is 11.6 Å². The molecule has 0 saturated carbocycles. The molecule has 0 radical (unpaired) electrons. The maximum atomic E-state index is 12.8.